The molecule has 578 valence electrons. The van der Waals surface area contributed by atoms with Crippen molar-refractivity contribution in [3.8, 4) is 0 Å². The first-order valence-corrected chi connectivity index (χ1v) is 32.7. The molecule has 0 aliphatic carbocycles. The number of hydrogen-bond donors (Lipinski definition) is 25. The number of carbonyl (C=O) groups is 20. The molecule has 0 spiro atoms. The molecule has 0 fully saturated rings. The Labute approximate surface area is 590 Å². The molecule has 103 heavy (non-hydrogen) atoms. The van der Waals surface area contributed by atoms with Gasteiger partial charge in [0.05, 0.1) is 32.1 Å². The second-order valence-electron chi connectivity index (χ2n) is 22.8. The standard InChI is InChI=1S/C56H93N21O25S/c1-23(43(89)67-24(2)55(101)102)66-45(91)27(6-11-36(58)80)72-54(100)35(22-79)77-46(92)26(5-4-17-65-56(63)64)68-47(93)28(7-12-37(59)81)69-48(94)30(9-14-41(85)86)71-51(97)32(19-39(61)83)75-52(98)33(20-40(62)84)74-50(96)29(8-13-38(60)82)70-49(95)31(10-15-42(87)88)73-53(99)34(21-78)76-44(90)25(57)16-18-103-3/h23-35,78-79H,4-22,57H2,1-3H3,(H2,58,80)(H2,59,81)(H2,60,82)(H2,61,83)(H2,62,84)(H,66,91)(H,67,89)(H,68,93)(H,69,94)(H,70,95)(H,71,97)(H,72,100)(H,73,99)(H,74,96)(H,75,98)(H,76,90)(H,77,92)(H,85,86)(H,87,88)(H,101,102)(H4,63,64,65)/t23-,24-,25-,26-,27-,28-,29-,30-,31-,32-,33-,34-,35-/m0/s1. The lowest BCUT2D eigenvalue weighted by molar-refractivity contribution is -0.142. The molecule has 0 aliphatic rings. The molecule has 0 unspecified atom stereocenters. The largest absolute Gasteiger partial charge is 0.481 e. The Kier molecular flexibility index (Phi) is 42.7. The second-order valence-corrected chi connectivity index (χ2v) is 23.8. The van der Waals surface area contributed by atoms with E-state index in [-0.39, 0.29) is 19.4 Å². The lowest BCUT2D eigenvalue weighted by Crippen LogP contribution is -2.61. The van der Waals surface area contributed by atoms with E-state index in [0.29, 0.717) is 5.75 Å². The molecule has 0 bridgehead atoms. The minimum Gasteiger partial charge on any atom is -0.481 e. The maximum absolute atomic E-state index is 14.2. The number of nitrogens with zero attached hydrogens (tertiary/aromatic N) is 1. The Morgan fingerprint density at radius 3 is 0.903 bits per heavy atom. The lowest BCUT2D eigenvalue weighted by Gasteiger charge is -2.28. The number of nitrogens with two attached hydrogens (primary N) is 8. The van der Waals surface area contributed by atoms with Crippen LogP contribution in [0.1, 0.15) is 110 Å². The first-order chi connectivity index (χ1) is 48.1. The van der Waals surface area contributed by atoms with Crippen LogP contribution >= 0.6 is 11.8 Å². The zero-order valence-corrected chi connectivity index (χ0v) is 57.1. The summed E-state index contributed by atoms with van der Waals surface area (Å²) in [5, 5.41) is 74.2. The first-order valence-electron chi connectivity index (χ1n) is 31.3. The second kappa shape index (κ2) is 47.9. The Hall–Kier alpha value is -11.1. The molecule has 0 rings (SSSR count). The zero-order valence-electron chi connectivity index (χ0n) is 56.3. The van der Waals surface area contributed by atoms with E-state index >= 15 is 0 Å². The lowest BCUT2D eigenvalue weighted by atomic mass is 10.0. The Morgan fingerprint density at radius 1 is 0.340 bits per heavy atom. The number of amides is 17. The smallest absolute Gasteiger partial charge is 0.325 e. The van der Waals surface area contributed by atoms with Gasteiger partial charge < -0.3 is 135 Å². The van der Waals surface area contributed by atoms with E-state index in [1.54, 1.807) is 6.26 Å². The highest BCUT2D eigenvalue weighted by atomic mass is 32.2. The Morgan fingerprint density at radius 2 is 0.612 bits per heavy atom. The van der Waals surface area contributed by atoms with Gasteiger partial charge in [-0.15, -0.1) is 0 Å². The Balaban J connectivity index is 7.24. The van der Waals surface area contributed by atoms with E-state index < -0.39 is 300 Å². The quantitative estimate of drug-likeness (QED) is 0.0153. The molecule has 0 aromatic rings. The number of aliphatic hydroxyl groups excluding tert-OH is 2. The third kappa shape index (κ3) is 38.3. The summed E-state index contributed by atoms with van der Waals surface area (Å²) in [6.45, 7) is -0.266. The molecule has 46 nitrogen and oxygen atoms in total. The van der Waals surface area contributed by atoms with Crippen molar-refractivity contribution in [3.63, 3.8) is 0 Å². The minimum atomic E-state index is -2.24. The highest BCUT2D eigenvalue weighted by Crippen LogP contribution is 2.11. The van der Waals surface area contributed by atoms with Crippen LogP contribution in [-0.4, -0.2) is 260 Å². The molecule has 0 saturated heterocycles. The van der Waals surface area contributed by atoms with E-state index in [2.05, 4.69) is 58.2 Å². The topological polar surface area (TPSA) is 807 Å². The first kappa shape index (κ1) is 91.9. The van der Waals surface area contributed by atoms with Gasteiger partial charge in [-0.2, -0.15) is 11.8 Å². The van der Waals surface area contributed by atoms with Crippen LogP contribution in [0, 0.1) is 0 Å². The normalized spacial score (nSPS) is 14.6. The van der Waals surface area contributed by atoms with E-state index in [9.17, 15) is 116 Å². The molecule has 0 aliphatic heterocycles. The minimum absolute atomic E-state index is 0.144. The fourth-order valence-electron chi connectivity index (χ4n) is 8.61. The molecule has 17 amide bonds. The predicted molar refractivity (Wildman–Crippen MR) is 354 cm³/mol. The van der Waals surface area contributed by atoms with Crippen LogP contribution in [0.3, 0.4) is 0 Å². The molecular weight excluding hydrogens is 1400 g/mol. The highest BCUT2D eigenvalue weighted by Gasteiger charge is 2.38. The number of carboxylic acids is 3. The number of rotatable bonds is 53. The van der Waals surface area contributed by atoms with Crippen molar-refractivity contribution in [1.29, 1.82) is 0 Å². The SMILES string of the molecule is CSCC[C@H](N)C(=O)N[C@@H](CO)C(=O)N[C@@H](CCC(=O)O)C(=O)N[C@@H](CCC(N)=O)C(=O)N[C@@H](CC(N)=O)C(=O)N[C@@H](CC(N)=O)C(=O)N[C@@H](CCC(=O)O)C(=O)N[C@@H](CCC(N)=O)C(=O)N[C@@H](CCCN=C(N)N)C(=O)N[C@@H](CO)C(=O)N[C@@H](CCC(N)=O)C(=O)N[C@@H](C)C(=O)N[C@@H](C)C(=O)O. The van der Waals surface area contributed by atoms with E-state index in [1.807, 2.05) is 10.6 Å². The number of nitrogens with one attached hydrogen (secondary N) is 12. The monoisotopic (exact) mass is 1490 g/mol. The van der Waals surface area contributed by atoms with E-state index in [1.165, 1.54) is 11.8 Å². The van der Waals surface area contributed by atoms with Gasteiger partial charge in [0, 0.05) is 38.6 Å². The van der Waals surface area contributed by atoms with Crippen LogP contribution in [-0.2, 0) is 95.9 Å². The number of aliphatic hydroxyl groups is 2. The van der Waals surface area contributed by atoms with Gasteiger partial charge in [-0.1, -0.05) is 0 Å². The third-order valence-corrected chi connectivity index (χ3v) is 14.9. The van der Waals surface area contributed by atoms with Gasteiger partial charge in [-0.05, 0) is 77.2 Å². The van der Waals surface area contributed by atoms with E-state index in [4.69, 9.17) is 51.0 Å². The summed E-state index contributed by atoms with van der Waals surface area (Å²) in [5.74, 6) is -25.9. The van der Waals surface area contributed by atoms with Crippen molar-refractivity contribution in [1.82, 2.24) is 63.8 Å². The van der Waals surface area contributed by atoms with Crippen molar-refractivity contribution in [2.45, 2.75) is 189 Å². The average molecular weight is 1490 g/mol. The predicted octanol–water partition coefficient (Wildman–Crippen LogP) is -13.7. The van der Waals surface area contributed by atoms with Crippen LogP contribution in [0.25, 0.3) is 0 Å². The molecule has 0 radical (unpaired) electrons. The van der Waals surface area contributed by atoms with Gasteiger partial charge in [0.15, 0.2) is 5.96 Å². The summed E-state index contributed by atoms with van der Waals surface area (Å²) in [6.07, 6.45) is -8.47. The number of carbonyl (C=O) groups excluding carboxylic acids is 17. The summed E-state index contributed by atoms with van der Waals surface area (Å²) in [6, 6.07) is -23.7. The number of aliphatic carboxylic acids is 3. The maximum Gasteiger partial charge on any atom is 0.325 e. The summed E-state index contributed by atoms with van der Waals surface area (Å²) in [7, 11) is 0. The molecule has 0 aromatic heterocycles. The van der Waals surface area contributed by atoms with Crippen molar-refractivity contribution < 1.29 is 121 Å². The van der Waals surface area contributed by atoms with Gasteiger partial charge in [-0.25, -0.2) is 0 Å². The maximum atomic E-state index is 14.2. The number of thioether (sulfide) groups is 1. The van der Waals surface area contributed by atoms with Crippen LogP contribution in [0.5, 0.6) is 0 Å². The van der Waals surface area contributed by atoms with Crippen molar-refractivity contribution in [2.75, 3.05) is 31.8 Å². The number of aliphatic imine (C=N–C) groups is 1. The van der Waals surface area contributed by atoms with Crippen molar-refractivity contribution in [2.24, 2.45) is 50.9 Å². The highest BCUT2D eigenvalue weighted by molar-refractivity contribution is 7.98. The number of hydrogen-bond acceptors (Lipinski definition) is 25. The fourth-order valence-corrected chi connectivity index (χ4v) is 9.10. The van der Waals surface area contributed by atoms with Crippen LogP contribution in [0.4, 0.5) is 0 Å². The molecule has 0 aromatic carbocycles. The summed E-state index contributed by atoms with van der Waals surface area (Å²) >= 11 is 1.35. The molecule has 13 atom stereocenters. The summed E-state index contributed by atoms with van der Waals surface area (Å²) in [5.41, 5.74) is 43.4. The summed E-state index contributed by atoms with van der Waals surface area (Å²) in [4.78, 5) is 263. The molecule has 0 saturated carbocycles. The van der Waals surface area contributed by atoms with E-state index in [0.717, 1.165) is 13.8 Å². The summed E-state index contributed by atoms with van der Waals surface area (Å²) < 4.78 is 0. The molecule has 33 N–H and O–H groups in total. The fraction of sp³-hybridized carbons (Fsp3) is 0.625. The number of guanidine groups is 1. The van der Waals surface area contributed by atoms with Gasteiger partial charge in [0.1, 0.15) is 72.5 Å². The Bertz CT molecular complexity index is 3100. The zero-order chi connectivity index (χ0) is 79.0. The molecule has 47 heteroatoms. The molecular formula is C56H93N21O25S. The van der Waals surface area contributed by atoms with Crippen molar-refractivity contribution in [3.05, 3.63) is 0 Å². The number of primary amides is 5. The van der Waals surface area contributed by atoms with Crippen LogP contribution in [0.2, 0.25) is 0 Å². The van der Waals surface area contributed by atoms with Crippen LogP contribution in [0.15, 0.2) is 4.99 Å². The number of carboxylic acid groups (broad SMARTS) is 3. The van der Waals surface area contributed by atoms with Gasteiger partial charge in [-0.3, -0.25) is 101 Å². The third-order valence-electron chi connectivity index (χ3n) is 14.2. The van der Waals surface area contributed by atoms with Crippen molar-refractivity contribution >= 4 is 136 Å². The van der Waals surface area contributed by atoms with Gasteiger partial charge in [0.2, 0.25) is 100 Å². The van der Waals surface area contributed by atoms with Gasteiger partial charge >= 0.3 is 17.9 Å². The average Bonchev–Trinajstić information content (AvgIpc) is 0.867. The van der Waals surface area contributed by atoms with Gasteiger partial charge in [0.25, 0.3) is 0 Å². The van der Waals surface area contributed by atoms with Crippen LogP contribution < -0.4 is 110 Å². The molecule has 0 heterocycles.